The molecule has 0 aromatic rings. The zero-order valence-corrected chi connectivity index (χ0v) is 9.85. The smallest absolute Gasteiger partial charge is 0 e. The summed E-state index contributed by atoms with van der Waals surface area (Å²) >= 11 is 0. The van der Waals surface area contributed by atoms with E-state index in [4.69, 9.17) is 0 Å². The molecule has 0 spiro atoms. The normalized spacial score (nSPS) is 8.57. The summed E-state index contributed by atoms with van der Waals surface area (Å²) in [6.07, 6.45) is 0. The van der Waals surface area contributed by atoms with Crippen molar-refractivity contribution in [2.75, 3.05) is 0 Å². The van der Waals surface area contributed by atoms with Gasteiger partial charge in [0.15, 0.2) is 0 Å². The van der Waals surface area contributed by atoms with Crippen molar-refractivity contribution in [1.29, 1.82) is 0 Å². The molecule has 0 rings (SSSR count). The van der Waals surface area contributed by atoms with Gasteiger partial charge in [0, 0.05) is 19.5 Å². The first-order valence-corrected chi connectivity index (χ1v) is 1.85. The molecule has 0 saturated heterocycles. The summed E-state index contributed by atoms with van der Waals surface area (Å²) in [5, 5.41) is 0. The van der Waals surface area contributed by atoms with Crippen molar-refractivity contribution in [3.63, 3.8) is 0 Å². The van der Waals surface area contributed by atoms with E-state index in [-0.39, 0.29) is 41.9 Å². The molecular weight excluding hydrogens is 205 g/mol. The SMILES string of the molecule is [Br-].[CH2]C(C)(C)C.[Zn]. The predicted octanol–water partition coefficient (Wildman–Crippen LogP) is -1.13. The molecule has 0 aromatic heterocycles. The Morgan fingerprint density at radius 3 is 1.14 bits per heavy atom. The van der Waals surface area contributed by atoms with E-state index in [9.17, 15) is 0 Å². The van der Waals surface area contributed by atoms with Crippen LogP contribution in [0.4, 0.5) is 0 Å². The van der Waals surface area contributed by atoms with Crippen LogP contribution in [0.2, 0.25) is 0 Å². The molecule has 0 fully saturated rings. The van der Waals surface area contributed by atoms with E-state index in [2.05, 4.69) is 27.7 Å². The van der Waals surface area contributed by atoms with Gasteiger partial charge in [-0.3, -0.25) is 0 Å². The molecule has 0 bridgehead atoms. The molecule has 0 N–H and O–H groups in total. The largest absolute Gasteiger partial charge is 1.00 e. The Morgan fingerprint density at radius 1 is 1.14 bits per heavy atom. The average Bonchev–Trinajstić information content (AvgIpc) is 0.722. The Balaban J connectivity index is -0.0000000800. The number of hydrogen-bond acceptors (Lipinski definition) is 0. The van der Waals surface area contributed by atoms with Gasteiger partial charge >= 0.3 is 0 Å². The standard InChI is InChI=1S/C5H11.BrH.Zn/c1-5(2,3)4;;/h1H2,2-4H3;1H;/p-1. The molecule has 41 valence electrons. The van der Waals surface area contributed by atoms with Gasteiger partial charge in [-0.2, -0.15) is 0 Å². The fraction of sp³-hybridized carbons (Fsp3) is 0.800. The van der Waals surface area contributed by atoms with Crippen LogP contribution < -0.4 is 17.0 Å². The van der Waals surface area contributed by atoms with Gasteiger partial charge < -0.3 is 17.0 Å². The molecule has 0 amide bonds. The first kappa shape index (κ1) is 15.7. The van der Waals surface area contributed by atoms with E-state index in [0.717, 1.165) is 0 Å². The fourth-order valence-electron chi connectivity index (χ4n) is 0. The second-order valence-corrected chi connectivity index (χ2v) is 2.56. The molecule has 1 radical (unpaired) electrons. The molecular formula is C5H11BrZn-. The van der Waals surface area contributed by atoms with Gasteiger partial charge in [-0.25, -0.2) is 0 Å². The molecule has 0 aromatic carbocycles. The van der Waals surface area contributed by atoms with Gasteiger partial charge in [0.1, 0.15) is 0 Å². The summed E-state index contributed by atoms with van der Waals surface area (Å²) in [5.41, 5.74) is 0.250. The quantitative estimate of drug-likeness (QED) is 0.450. The zero-order chi connectivity index (χ0) is 4.50. The van der Waals surface area contributed by atoms with Gasteiger partial charge in [-0.15, -0.1) is 0 Å². The molecule has 0 aliphatic heterocycles. The molecule has 0 saturated carbocycles. The van der Waals surface area contributed by atoms with Crippen molar-refractivity contribution in [3.05, 3.63) is 6.92 Å². The van der Waals surface area contributed by atoms with Crippen LogP contribution in [0.1, 0.15) is 20.8 Å². The molecule has 0 unspecified atom stereocenters. The minimum Gasteiger partial charge on any atom is -1.00 e. The first-order chi connectivity index (χ1) is 2.00. The predicted molar refractivity (Wildman–Crippen MR) is 24.8 cm³/mol. The number of rotatable bonds is 0. The van der Waals surface area contributed by atoms with Crippen LogP contribution in [0.5, 0.6) is 0 Å². The van der Waals surface area contributed by atoms with Gasteiger partial charge in [0.25, 0.3) is 0 Å². The van der Waals surface area contributed by atoms with E-state index < -0.39 is 0 Å². The number of halogens is 1. The van der Waals surface area contributed by atoms with Gasteiger partial charge in [0.2, 0.25) is 0 Å². The van der Waals surface area contributed by atoms with Crippen LogP contribution in [0.3, 0.4) is 0 Å². The summed E-state index contributed by atoms with van der Waals surface area (Å²) in [7, 11) is 0. The number of hydrogen-bond donors (Lipinski definition) is 0. The van der Waals surface area contributed by atoms with Crippen molar-refractivity contribution in [2.45, 2.75) is 20.8 Å². The monoisotopic (exact) mass is 214 g/mol. The maximum absolute atomic E-state index is 3.77. The summed E-state index contributed by atoms with van der Waals surface area (Å²) in [4.78, 5) is 0. The topological polar surface area (TPSA) is 0 Å². The molecule has 0 atom stereocenters. The van der Waals surface area contributed by atoms with Crippen LogP contribution in [-0.4, -0.2) is 0 Å². The van der Waals surface area contributed by atoms with E-state index in [0.29, 0.717) is 0 Å². The first-order valence-electron chi connectivity index (χ1n) is 1.85. The van der Waals surface area contributed by atoms with Gasteiger partial charge in [-0.05, 0) is 12.3 Å². The summed E-state index contributed by atoms with van der Waals surface area (Å²) in [6, 6.07) is 0. The fourth-order valence-corrected chi connectivity index (χ4v) is 0. The maximum Gasteiger partial charge on any atom is 0 e. The second kappa shape index (κ2) is 5.24. The Bertz CT molecular complexity index is 23.6. The molecule has 0 nitrogen and oxygen atoms in total. The van der Waals surface area contributed by atoms with E-state index in [1.54, 1.807) is 0 Å². The third kappa shape index (κ3) is 152. The van der Waals surface area contributed by atoms with E-state index in [1.807, 2.05) is 0 Å². The van der Waals surface area contributed by atoms with E-state index in [1.165, 1.54) is 0 Å². The third-order valence-corrected chi connectivity index (χ3v) is 0. The Hall–Kier alpha value is 1.10. The molecule has 0 aliphatic rings. The van der Waals surface area contributed by atoms with Crippen molar-refractivity contribution in [3.8, 4) is 0 Å². The minimum atomic E-state index is 0. The van der Waals surface area contributed by atoms with Crippen molar-refractivity contribution in [2.24, 2.45) is 5.41 Å². The van der Waals surface area contributed by atoms with Gasteiger partial charge in [0.05, 0.1) is 0 Å². The Kier molecular flexibility index (Phi) is 11.8. The van der Waals surface area contributed by atoms with E-state index >= 15 is 0 Å². The van der Waals surface area contributed by atoms with Crippen molar-refractivity contribution >= 4 is 0 Å². The molecule has 7 heavy (non-hydrogen) atoms. The molecule has 0 aliphatic carbocycles. The maximum atomic E-state index is 3.77. The van der Waals surface area contributed by atoms with Crippen LogP contribution in [0, 0.1) is 12.3 Å². The van der Waals surface area contributed by atoms with Crippen LogP contribution >= 0.6 is 0 Å². The molecule has 2 heteroatoms. The van der Waals surface area contributed by atoms with Gasteiger partial charge in [-0.1, -0.05) is 20.8 Å². The average molecular weight is 216 g/mol. The summed E-state index contributed by atoms with van der Waals surface area (Å²) in [5.74, 6) is 0. The molecule has 0 heterocycles. The Labute approximate surface area is 69.6 Å². The summed E-state index contributed by atoms with van der Waals surface area (Å²) in [6.45, 7) is 10.0. The third-order valence-electron chi connectivity index (χ3n) is 0. The summed E-state index contributed by atoms with van der Waals surface area (Å²) < 4.78 is 0. The van der Waals surface area contributed by atoms with Crippen molar-refractivity contribution in [1.82, 2.24) is 0 Å². The van der Waals surface area contributed by atoms with Crippen molar-refractivity contribution < 1.29 is 36.5 Å². The van der Waals surface area contributed by atoms with Crippen LogP contribution in [-0.2, 0) is 19.5 Å². The zero-order valence-electron chi connectivity index (χ0n) is 5.29. The second-order valence-electron chi connectivity index (χ2n) is 2.56. The Morgan fingerprint density at radius 2 is 1.14 bits per heavy atom. The van der Waals surface area contributed by atoms with Crippen LogP contribution in [0.15, 0.2) is 0 Å². The minimum absolute atomic E-state index is 0. The van der Waals surface area contributed by atoms with Crippen LogP contribution in [0.25, 0.3) is 0 Å².